The first-order valence-electron chi connectivity index (χ1n) is 8.89. The number of hydrogen-bond donors (Lipinski definition) is 3. The molecule has 142 valence electrons. The lowest BCUT2D eigenvalue weighted by atomic mass is 10.1. The molecule has 0 fully saturated rings. The second-order valence-corrected chi connectivity index (χ2v) is 7.66. The van der Waals surface area contributed by atoms with E-state index in [1.165, 1.54) is 17.5 Å². The van der Waals surface area contributed by atoms with Crippen LogP contribution >= 0.6 is 23.2 Å². The van der Waals surface area contributed by atoms with Crippen molar-refractivity contribution in [3.05, 3.63) is 57.6 Å². The molecule has 3 rings (SSSR count). The van der Waals surface area contributed by atoms with Gasteiger partial charge in [-0.3, -0.25) is 9.59 Å². The third kappa shape index (κ3) is 5.22. The number of amides is 2. The number of anilines is 2. The summed E-state index contributed by atoms with van der Waals surface area (Å²) in [5.41, 5.74) is 3.87. The van der Waals surface area contributed by atoms with Crippen LogP contribution < -0.4 is 15.5 Å². The number of likely N-dealkylation sites (N-methyl/N-ethyl adjacent to an activating group) is 1. The molecular weight excluding hydrogens is 385 g/mol. The van der Waals surface area contributed by atoms with Gasteiger partial charge in [-0.15, -0.1) is 0 Å². The van der Waals surface area contributed by atoms with Crippen LogP contribution in [0.15, 0.2) is 36.4 Å². The molecule has 1 unspecified atom stereocenters. The normalized spacial score (nSPS) is 13.7. The summed E-state index contributed by atoms with van der Waals surface area (Å²) in [7, 11) is 1.79. The first-order valence-corrected chi connectivity index (χ1v) is 9.65. The standard InChI is InChI=1S/C20H21Cl2N3O2/c1-25(12-19(27)24-20-16(21)6-3-7-17(20)22)11-18(26)23-15-9-8-13-4-2-5-14(13)10-15/h3,6-10H,2,4-5,11-12H2,1H3,(H,23,26)(H,24,27)/p+1. The van der Waals surface area contributed by atoms with Crippen LogP contribution in [0.25, 0.3) is 0 Å². The monoisotopic (exact) mass is 406 g/mol. The van der Waals surface area contributed by atoms with Crippen LogP contribution in [-0.4, -0.2) is 32.0 Å². The van der Waals surface area contributed by atoms with E-state index in [2.05, 4.69) is 16.7 Å². The molecule has 0 spiro atoms. The van der Waals surface area contributed by atoms with Crippen LogP contribution in [0.5, 0.6) is 0 Å². The Kier molecular flexibility index (Phi) is 6.37. The van der Waals surface area contributed by atoms with Gasteiger partial charge in [-0.2, -0.15) is 0 Å². The fraction of sp³-hybridized carbons (Fsp3) is 0.300. The molecule has 5 nitrogen and oxygen atoms in total. The molecule has 7 heteroatoms. The van der Waals surface area contributed by atoms with E-state index in [4.69, 9.17) is 23.2 Å². The van der Waals surface area contributed by atoms with Gasteiger partial charge in [-0.25, -0.2) is 0 Å². The molecule has 2 aromatic carbocycles. The molecule has 2 amide bonds. The summed E-state index contributed by atoms with van der Waals surface area (Å²) in [5.74, 6) is -0.387. The lowest BCUT2D eigenvalue weighted by Gasteiger charge is -2.15. The Morgan fingerprint density at radius 1 is 0.963 bits per heavy atom. The Balaban J connectivity index is 1.50. The summed E-state index contributed by atoms with van der Waals surface area (Å²) in [6.45, 7) is 0.305. The van der Waals surface area contributed by atoms with Crippen LogP contribution in [0.3, 0.4) is 0 Å². The summed E-state index contributed by atoms with van der Waals surface area (Å²) in [6.07, 6.45) is 3.35. The summed E-state index contributed by atoms with van der Waals surface area (Å²) in [5, 5.41) is 6.37. The van der Waals surface area contributed by atoms with Gasteiger partial charge < -0.3 is 15.5 Å². The zero-order valence-electron chi connectivity index (χ0n) is 15.1. The smallest absolute Gasteiger partial charge is 0.279 e. The SMILES string of the molecule is C[NH+](CC(=O)Nc1ccc2c(c1)CCC2)CC(=O)Nc1c(Cl)cccc1Cl. The molecular formula is C20H22Cl2N3O2+. The van der Waals surface area contributed by atoms with Crippen molar-refractivity contribution in [2.75, 3.05) is 30.8 Å². The van der Waals surface area contributed by atoms with E-state index >= 15 is 0 Å². The molecule has 0 aliphatic heterocycles. The second kappa shape index (κ2) is 8.74. The number of aryl methyl sites for hydroxylation is 2. The van der Waals surface area contributed by atoms with Crippen molar-refractivity contribution in [1.29, 1.82) is 0 Å². The van der Waals surface area contributed by atoms with Crippen molar-refractivity contribution in [1.82, 2.24) is 0 Å². The number of quaternary nitrogens is 1. The Hall–Kier alpha value is -2.08. The average Bonchev–Trinajstić information content (AvgIpc) is 3.05. The van der Waals surface area contributed by atoms with Crippen LogP contribution in [0.1, 0.15) is 17.5 Å². The van der Waals surface area contributed by atoms with Gasteiger partial charge in [-0.05, 0) is 54.7 Å². The number of carbonyl (C=O) groups excluding carboxylic acids is 2. The third-order valence-corrected chi connectivity index (χ3v) is 5.16. The van der Waals surface area contributed by atoms with Crippen molar-refractivity contribution < 1.29 is 14.5 Å². The number of rotatable bonds is 6. The van der Waals surface area contributed by atoms with Gasteiger partial charge in [0.05, 0.1) is 22.8 Å². The minimum Gasteiger partial charge on any atom is -0.322 e. The third-order valence-electron chi connectivity index (χ3n) is 4.53. The van der Waals surface area contributed by atoms with Crippen LogP contribution in [0, 0.1) is 0 Å². The quantitative estimate of drug-likeness (QED) is 0.690. The summed E-state index contributed by atoms with van der Waals surface area (Å²) in [4.78, 5) is 25.2. The van der Waals surface area contributed by atoms with E-state index in [1.54, 1.807) is 25.2 Å². The minimum atomic E-state index is -0.257. The lowest BCUT2D eigenvalue weighted by Crippen LogP contribution is -3.11. The second-order valence-electron chi connectivity index (χ2n) is 6.84. The fourth-order valence-electron chi connectivity index (χ4n) is 3.27. The Bertz CT molecular complexity index is 850. The lowest BCUT2D eigenvalue weighted by molar-refractivity contribution is -0.862. The van der Waals surface area contributed by atoms with Crippen molar-refractivity contribution in [3.63, 3.8) is 0 Å². The fourth-order valence-corrected chi connectivity index (χ4v) is 3.76. The zero-order chi connectivity index (χ0) is 19.4. The zero-order valence-corrected chi connectivity index (χ0v) is 16.6. The number of fused-ring (bicyclic) bond motifs is 1. The van der Waals surface area contributed by atoms with Gasteiger partial charge in [0.15, 0.2) is 13.1 Å². The van der Waals surface area contributed by atoms with Gasteiger partial charge in [0.25, 0.3) is 11.8 Å². The van der Waals surface area contributed by atoms with Gasteiger partial charge >= 0.3 is 0 Å². The highest BCUT2D eigenvalue weighted by Crippen LogP contribution is 2.29. The van der Waals surface area contributed by atoms with Crippen LogP contribution in [0.4, 0.5) is 11.4 Å². The van der Waals surface area contributed by atoms with Crippen molar-refractivity contribution in [2.24, 2.45) is 0 Å². The van der Waals surface area contributed by atoms with Crippen LogP contribution in [-0.2, 0) is 22.4 Å². The highest BCUT2D eigenvalue weighted by atomic mass is 35.5. The highest BCUT2D eigenvalue weighted by molar-refractivity contribution is 6.39. The molecule has 27 heavy (non-hydrogen) atoms. The molecule has 1 aliphatic rings. The first kappa shape index (κ1) is 19.7. The number of halogens is 2. The number of carbonyl (C=O) groups is 2. The molecule has 0 saturated carbocycles. The average molecular weight is 407 g/mol. The van der Waals surface area contributed by atoms with Gasteiger partial charge in [0, 0.05) is 5.69 Å². The maximum Gasteiger partial charge on any atom is 0.279 e. The molecule has 0 aromatic heterocycles. The predicted molar refractivity (Wildman–Crippen MR) is 109 cm³/mol. The van der Waals surface area contributed by atoms with E-state index in [-0.39, 0.29) is 24.9 Å². The maximum absolute atomic E-state index is 12.3. The molecule has 0 radical (unpaired) electrons. The van der Waals surface area contributed by atoms with Gasteiger partial charge in [0.1, 0.15) is 0 Å². The highest BCUT2D eigenvalue weighted by Gasteiger charge is 2.17. The predicted octanol–water partition coefficient (Wildman–Crippen LogP) is 2.57. The van der Waals surface area contributed by atoms with Gasteiger partial charge in [-0.1, -0.05) is 35.3 Å². The van der Waals surface area contributed by atoms with Crippen molar-refractivity contribution in [3.8, 4) is 0 Å². The maximum atomic E-state index is 12.3. The molecule has 0 saturated heterocycles. The molecule has 1 atom stereocenters. The van der Waals surface area contributed by atoms with Gasteiger partial charge in [0.2, 0.25) is 0 Å². The van der Waals surface area contributed by atoms with E-state index in [0.717, 1.165) is 23.4 Å². The van der Waals surface area contributed by atoms with E-state index in [9.17, 15) is 9.59 Å². The molecule has 3 N–H and O–H groups in total. The molecule has 0 bridgehead atoms. The molecule has 2 aromatic rings. The van der Waals surface area contributed by atoms with Crippen molar-refractivity contribution >= 4 is 46.4 Å². The van der Waals surface area contributed by atoms with Crippen molar-refractivity contribution in [2.45, 2.75) is 19.3 Å². The Morgan fingerprint density at radius 3 is 2.30 bits per heavy atom. The molecule has 1 aliphatic carbocycles. The number of benzene rings is 2. The molecule has 0 heterocycles. The topological polar surface area (TPSA) is 62.6 Å². The number of hydrogen-bond acceptors (Lipinski definition) is 2. The summed E-state index contributed by atoms with van der Waals surface area (Å²) < 4.78 is 0. The number of para-hydroxylation sites is 1. The minimum absolute atomic E-state index is 0.124. The number of nitrogens with one attached hydrogen (secondary N) is 3. The largest absolute Gasteiger partial charge is 0.322 e. The van der Waals surface area contributed by atoms with E-state index in [1.807, 2.05) is 12.1 Å². The summed E-state index contributed by atoms with van der Waals surface area (Å²) in [6, 6.07) is 11.1. The van der Waals surface area contributed by atoms with Crippen LogP contribution in [0.2, 0.25) is 10.0 Å². The Morgan fingerprint density at radius 2 is 1.59 bits per heavy atom. The Labute approximate surface area is 168 Å². The first-order chi connectivity index (χ1) is 12.9. The van der Waals surface area contributed by atoms with E-state index in [0.29, 0.717) is 15.7 Å². The summed E-state index contributed by atoms with van der Waals surface area (Å²) >= 11 is 12.1. The van der Waals surface area contributed by atoms with E-state index < -0.39 is 0 Å².